The first-order valence-electron chi connectivity index (χ1n) is 11.4. The molecule has 1 aromatic carbocycles. The summed E-state index contributed by atoms with van der Waals surface area (Å²) < 4.78 is 0. The van der Waals surface area contributed by atoms with Crippen LogP contribution in [0.15, 0.2) is 23.1 Å². The van der Waals surface area contributed by atoms with Crippen LogP contribution >= 0.6 is 11.8 Å². The number of hydrogen-bond donors (Lipinski definition) is 0. The lowest BCUT2D eigenvalue weighted by Gasteiger charge is -2.29. The minimum absolute atomic E-state index is 0.132. The molecule has 0 unspecified atom stereocenters. The number of nitrogens with zero attached hydrogens (tertiary/aromatic N) is 3. The SMILES string of the molecule is Cc1cc(N2CCCCC2)ccc1C=C1SC(=O)N(CC(=O)N2CCCCCC2)C1=O. The molecule has 3 heterocycles. The minimum Gasteiger partial charge on any atom is -0.372 e. The van der Waals surface area contributed by atoms with Crippen molar-refractivity contribution in [3.63, 3.8) is 0 Å². The van der Waals surface area contributed by atoms with E-state index in [0.717, 1.165) is 66.6 Å². The largest absolute Gasteiger partial charge is 0.372 e. The van der Waals surface area contributed by atoms with E-state index in [9.17, 15) is 14.4 Å². The molecule has 0 radical (unpaired) electrons. The van der Waals surface area contributed by atoms with Gasteiger partial charge in [0.05, 0.1) is 4.91 Å². The molecule has 0 bridgehead atoms. The zero-order valence-electron chi connectivity index (χ0n) is 18.3. The normalized spacial score (nSPS) is 21.7. The lowest BCUT2D eigenvalue weighted by Crippen LogP contribution is -2.42. The summed E-state index contributed by atoms with van der Waals surface area (Å²) in [4.78, 5) is 43.7. The molecule has 6 nitrogen and oxygen atoms in total. The average molecular weight is 442 g/mol. The summed E-state index contributed by atoms with van der Waals surface area (Å²) in [6.45, 7) is 5.48. The number of likely N-dealkylation sites (tertiary alicyclic amines) is 1. The molecule has 7 heteroatoms. The molecular weight excluding hydrogens is 410 g/mol. The molecular formula is C24H31N3O3S. The van der Waals surface area contributed by atoms with Crippen LogP contribution in [0.4, 0.5) is 10.5 Å². The molecule has 0 atom stereocenters. The van der Waals surface area contributed by atoms with Gasteiger partial charge in [0.2, 0.25) is 5.91 Å². The zero-order valence-corrected chi connectivity index (χ0v) is 19.1. The van der Waals surface area contributed by atoms with Gasteiger partial charge in [-0.2, -0.15) is 0 Å². The number of carbonyl (C=O) groups excluding carboxylic acids is 3. The Balaban J connectivity index is 1.44. The van der Waals surface area contributed by atoms with E-state index in [1.807, 2.05) is 13.0 Å². The molecule has 3 aliphatic heterocycles. The summed E-state index contributed by atoms with van der Waals surface area (Å²) in [6.07, 6.45) is 9.77. The van der Waals surface area contributed by atoms with Crippen molar-refractivity contribution in [3.05, 3.63) is 34.2 Å². The van der Waals surface area contributed by atoms with Crippen LogP contribution in [0.3, 0.4) is 0 Å². The fourth-order valence-electron chi connectivity index (χ4n) is 4.50. The molecule has 4 rings (SSSR count). The van der Waals surface area contributed by atoms with Gasteiger partial charge in [-0.15, -0.1) is 0 Å². The Labute approximate surface area is 188 Å². The van der Waals surface area contributed by atoms with Gasteiger partial charge in [-0.25, -0.2) is 0 Å². The van der Waals surface area contributed by atoms with Gasteiger partial charge in [-0.1, -0.05) is 18.9 Å². The molecule has 3 amide bonds. The van der Waals surface area contributed by atoms with Crippen molar-refractivity contribution in [2.24, 2.45) is 0 Å². The van der Waals surface area contributed by atoms with Crippen molar-refractivity contribution < 1.29 is 14.4 Å². The van der Waals surface area contributed by atoms with E-state index in [1.54, 1.807) is 11.0 Å². The topological polar surface area (TPSA) is 60.9 Å². The van der Waals surface area contributed by atoms with Crippen LogP contribution in [0.25, 0.3) is 6.08 Å². The van der Waals surface area contributed by atoms with Gasteiger partial charge in [0.1, 0.15) is 6.54 Å². The molecule has 0 aliphatic carbocycles. The molecule has 0 saturated carbocycles. The van der Waals surface area contributed by atoms with E-state index in [-0.39, 0.29) is 23.6 Å². The molecule has 0 N–H and O–H groups in total. The van der Waals surface area contributed by atoms with Gasteiger partial charge in [-0.05, 0) is 80.1 Å². The Kier molecular flexibility index (Phi) is 7.00. The van der Waals surface area contributed by atoms with Crippen molar-refractivity contribution >= 4 is 40.6 Å². The first kappa shape index (κ1) is 21.9. The molecule has 0 spiro atoms. The highest BCUT2D eigenvalue weighted by Gasteiger charge is 2.37. The molecule has 1 aromatic rings. The maximum absolute atomic E-state index is 12.9. The second kappa shape index (κ2) is 9.90. The van der Waals surface area contributed by atoms with E-state index in [0.29, 0.717) is 18.0 Å². The molecule has 3 saturated heterocycles. The lowest BCUT2D eigenvalue weighted by atomic mass is 10.0. The zero-order chi connectivity index (χ0) is 21.8. The number of thioether (sulfide) groups is 1. The number of anilines is 1. The second-order valence-electron chi connectivity index (χ2n) is 8.65. The summed E-state index contributed by atoms with van der Waals surface area (Å²) in [5, 5.41) is -0.359. The van der Waals surface area contributed by atoms with Crippen molar-refractivity contribution in [2.75, 3.05) is 37.6 Å². The van der Waals surface area contributed by atoms with Gasteiger partial charge in [-0.3, -0.25) is 19.3 Å². The Morgan fingerprint density at radius 1 is 0.968 bits per heavy atom. The molecule has 0 aromatic heterocycles. The third kappa shape index (κ3) is 5.14. The summed E-state index contributed by atoms with van der Waals surface area (Å²) in [6, 6.07) is 6.27. The van der Waals surface area contributed by atoms with Gasteiger partial charge < -0.3 is 9.80 Å². The van der Waals surface area contributed by atoms with Crippen molar-refractivity contribution in [1.29, 1.82) is 0 Å². The van der Waals surface area contributed by atoms with Crippen LogP contribution < -0.4 is 4.90 Å². The predicted octanol–water partition coefficient (Wildman–Crippen LogP) is 4.42. The summed E-state index contributed by atoms with van der Waals surface area (Å²) in [5.74, 6) is -0.495. The number of imide groups is 1. The number of hydrogen-bond acceptors (Lipinski definition) is 5. The summed E-state index contributed by atoms with van der Waals surface area (Å²) in [5.41, 5.74) is 3.23. The monoisotopic (exact) mass is 441 g/mol. The van der Waals surface area contributed by atoms with Gasteiger partial charge in [0.25, 0.3) is 11.1 Å². The van der Waals surface area contributed by atoms with E-state index in [2.05, 4.69) is 17.0 Å². The van der Waals surface area contributed by atoms with Crippen LogP contribution in [-0.2, 0) is 9.59 Å². The molecule has 3 aliphatic rings. The Morgan fingerprint density at radius 2 is 1.61 bits per heavy atom. The van der Waals surface area contributed by atoms with Crippen LogP contribution in [0.5, 0.6) is 0 Å². The smallest absolute Gasteiger partial charge is 0.294 e. The van der Waals surface area contributed by atoms with Crippen LogP contribution in [0, 0.1) is 6.92 Å². The third-order valence-corrected chi connectivity index (χ3v) is 7.29. The van der Waals surface area contributed by atoms with E-state index in [1.165, 1.54) is 24.9 Å². The van der Waals surface area contributed by atoms with E-state index < -0.39 is 0 Å². The predicted molar refractivity (Wildman–Crippen MR) is 125 cm³/mol. The summed E-state index contributed by atoms with van der Waals surface area (Å²) >= 11 is 0.928. The highest BCUT2D eigenvalue weighted by atomic mass is 32.2. The van der Waals surface area contributed by atoms with Crippen LogP contribution in [-0.4, -0.2) is 59.6 Å². The highest BCUT2D eigenvalue weighted by molar-refractivity contribution is 8.18. The highest BCUT2D eigenvalue weighted by Crippen LogP contribution is 2.33. The number of aryl methyl sites for hydroxylation is 1. The molecule has 166 valence electrons. The molecule has 31 heavy (non-hydrogen) atoms. The Hall–Kier alpha value is -2.28. The molecule has 3 fully saturated rings. The first-order valence-corrected chi connectivity index (χ1v) is 12.2. The minimum atomic E-state index is -0.363. The van der Waals surface area contributed by atoms with E-state index in [4.69, 9.17) is 0 Å². The van der Waals surface area contributed by atoms with Crippen LogP contribution in [0.2, 0.25) is 0 Å². The van der Waals surface area contributed by atoms with E-state index >= 15 is 0 Å². The Bertz CT molecular complexity index is 884. The number of carbonyl (C=O) groups is 3. The fourth-order valence-corrected chi connectivity index (χ4v) is 5.33. The quantitative estimate of drug-likeness (QED) is 0.647. The van der Waals surface area contributed by atoms with Gasteiger partial charge in [0.15, 0.2) is 0 Å². The van der Waals surface area contributed by atoms with Crippen LogP contribution in [0.1, 0.15) is 56.1 Å². The van der Waals surface area contributed by atoms with Gasteiger partial charge in [0, 0.05) is 31.9 Å². The Morgan fingerprint density at radius 3 is 2.29 bits per heavy atom. The summed E-state index contributed by atoms with van der Waals surface area (Å²) in [7, 11) is 0. The lowest BCUT2D eigenvalue weighted by molar-refractivity contribution is -0.135. The van der Waals surface area contributed by atoms with Gasteiger partial charge >= 0.3 is 0 Å². The van der Waals surface area contributed by atoms with Crippen molar-refractivity contribution in [1.82, 2.24) is 9.80 Å². The fraction of sp³-hybridized carbons (Fsp3) is 0.542. The number of amides is 3. The maximum atomic E-state index is 12.9. The standard InChI is InChI=1S/C24H31N3O3S/c1-18-15-20(25-11-7-4-8-12-25)10-9-19(18)16-21-23(29)27(24(30)31-21)17-22(28)26-13-5-2-3-6-14-26/h9-10,15-16H,2-8,11-14,17H2,1H3. The maximum Gasteiger partial charge on any atom is 0.294 e. The number of rotatable bonds is 4. The van der Waals surface area contributed by atoms with Crippen molar-refractivity contribution in [2.45, 2.75) is 51.9 Å². The third-order valence-electron chi connectivity index (χ3n) is 6.39. The second-order valence-corrected chi connectivity index (χ2v) is 9.64. The number of piperidine rings is 1. The van der Waals surface area contributed by atoms with Crippen molar-refractivity contribution in [3.8, 4) is 0 Å². The average Bonchev–Trinajstić information content (AvgIpc) is 2.97. The number of benzene rings is 1. The first-order chi connectivity index (χ1) is 15.0.